The molecule has 1 fully saturated rings. The number of hydrogen-bond acceptors (Lipinski definition) is 5. The van der Waals surface area contributed by atoms with Crippen LogP contribution in [-0.4, -0.2) is 57.3 Å². The molecule has 2 atom stereocenters. The van der Waals surface area contributed by atoms with E-state index in [9.17, 15) is 4.79 Å². The van der Waals surface area contributed by atoms with Gasteiger partial charge in [-0.05, 0) is 29.5 Å². The molecular formula is C15H15N5OS2. The van der Waals surface area contributed by atoms with Gasteiger partial charge in [-0.3, -0.25) is 15.1 Å². The van der Waals surface area contributed by atoms with Crippen LogP contribution < -0.4 is 5.43 Å². The minimum atomic E-state index is -0.187. The molecule has 0 saturated carbocycles. The number of hydrazone groups is 1. The number of hydrogen-bond donors (Lipinski definition) is 1. The van der Waals surface area contributed by atoms with Crippen LogP contribution in [0.2, 0.25) is 0 Å². The van der Waals surface area contributed by atoms with E-state index in [2.05, 4.69) is 10.5 Å². The number of carbonyl (C=O) groups excluding carboxylic acids is 1. The molecule has 1 aromatic rings. The van der Waals surface area contributed by atoms with Gasteiger partial charge in [-0.2, -0.15) is 5.10 Å². The first-order valence-corrected chi connectivity index (χ1v) is 8.41. The summed E-state index contributed by atoms with van der Waals surface area (Å²) in [5.74, 6) is -0.0668. The highest BCUT2D eigenvalue weighted by molar-refractivity contribution is 8.21. The van der Waals surface area contributed by atoms with Crippen molar-refractivity contribution in [1.82, 2.24) is 20.1 Å². The molecule has 118 valence electrons. The van der Waals surface area contributed by atoms with Gasteiger partial charge in [-0.15, -0.1) is 0 Å². The summed E-state index contributed by atoms with van der Waals surface area (Å²) >= 11 is 6.90. The number of fused-ring (bicyclic) bond motifs is 3. The highest BCUT2D eigenvalue weighted by Crippen LogP contribution is 2.38. The molecule has 1 saturated heterocycles. The summed E-state index contributed by atoms with van der Waals surface area (Å²) < 4.78 is 0. The molecule has 3 aliphatic rings. The fraction of sp³-hybridized carbons (Fsp3) is 0.267. The molecule has 2 unspecified atom stereocenters. The zero-order valence-electron chi connectivity index (χ0n) is 12.6. The van der Waals surface area contributed by atoms with Crippen molar-refractivity contribution in [2.75, 3.05) is 14.1 Å². The predicted molar refractivity (Wildman–Crippen MR) is 95.1 cm³/mol. The third kappa shape index (κ3) is 2.13. The van der Waals surface area contributed by atoms with Gasteiger partial charge in [-0.25, -0.2) is 0 Å². The summed E-state index contributed by atoms with van der Waals surface area (Å²) in [4.78, 5) is 19.2. The van der Waals surface area contributed by atoms with E-state index in [1.165, 1.54) is 11.8 Å². The molecule has 3 heterocycles. The Labute approximate surface area is 143 Å². The smallest absolute Gasteiger partial charge is 0.255 e. The number of carbonyl (C=O) groups is 1. The van der Waals surface area contributed by atoms with Crippen molar-refractivity contribution in [1.29, 1.82) is 0 Å². The molecule has 1 N–H and O–H groups in total. The summed E-state index contributed by atoms with van der Waals surface area (Å²) in [7, 11) is 3.81. The average molecular weight is 345 g/mol. The zero-order valence-corrected chi connectivity index (χ0v) is 14.3. The molecule has 0 aliphatic carbocycles. The highest BCUT2D eigenvalue weighted by atomic mass is 32.2. The lowest BCUT2D eigenvalue weighted by Crippen LogP contribution is -2.61. The normalized spacial score (nSPS) is 26.4. The van der Waals surface area contributed by atoms with Crippen molar-refractivity contribution >= 4 is 45.1 Å². The van der Waals surface area contributed by atoms with E-state index in [1.807, 2.05) is 54.2 Å². The van der Waals surface area contributed by atoms with E-state index in [1.54, 1.807) is 11.0 Å². The highest BCUT2D eigenvalue weighted by Gasteiger charge is 2.49. The lowest BCUT2D eigenvalue weighted by molar-refractivity contribution is -0.126. The minimum Gasteiger partial charge on any atom is -0.328 e. The first-order valence-electron chi connectivity index (χ1n) is 7.19. The Morgan fingerprint density at radius 1 is 1.22 bits per heavy atom. The third-order valence-corrected chi connectivity index (χ3v) is 5.83. The van der Waals surface area contributed by atoms with Crippen molar-refractivity contribution in [3.63, 3.8) is 0 Å². The maximum absolute atomic E-state index is 12.8. The predicted octanol–water partition coefficient (Wildman–Crippen LogP) is 1.29. The van der Waals surface area contributed by atoms with Gasteiger partial charge in [0.1, 0.15) is 0 Å². The number of nitrogens with zero attached hydrogens (tertiary/aromatic N) is 4. The second-order valence-electron chi connectivity index (χ2n) is 5.57. The standard InChI is InChI=1S/C15H15N5OS2/c1-18-12-13(19(2)15(18)22)20-11(21)8-10(23-14(20)17-16-12)9-6-4-3-5-7-9/h3-8,12-13,16H,1-2H3. The number of benzene rings is 1. The van der Waals surface area contributed by atoms with Gasteiger partial charge in [0, 0.05) is 25.1 Å². The monoisotopic (exact) mass is 345 g/mol. The zero-order chi connectivity index (χ0) is 16.1. The second-order valence-corrected chi connectivity index (χ2v) is 6.95. The SMILES string of the molecule is CN1C(=S)N(C)C2C1NN=C1SC(c3ccccc3)=CC(=O)N12. The van der Waals surface area contributed by atoms with Gasteiger partial charge in [0.25, 0.3) is 5.91 Å². The fourth-order valence-corrected chi connectivity index (χ4v) is 4.23. The lowest BCUT2D eigenvalue weighted by atomic mass is 10.2. The fourth-order valence-electron chi connectivity index (χ4n) is 3.00. The van der Waals surface area contributed by atoms with Crippen LogP contribution in [0, 0.1) is 0 Å². The summed E-state index contributed by atoms with van der Waals surface area (Å²) in [6.07, 6.45) is 1.36. The Morgan fingerprint density at radius 2 is 1.96 bits per heavy atom. The van der Waals surface area contributed by atoms with Crippen molar-refractivity contribution in [3.05, 3.63) is 42.0 Å². The first-order chi connectivity index (χ1) is 11.1. The number of amidine groups is 1. The molecule has 6 nitrogen and oxygen atoms in total. The maximum atomic E-state index is 12.8. The molecule has 1 aromatic carbocycles. The third-order valence-electron chi connectivity index (χ3n) is 4.21. The summed E-state index contributed by atoms with van der Waals surface area (Å²) in [6.45, 7) is 0. The number of amides is 1. The van der Waals surface area contributed by atoms with Crippen molar-refractivity contribution in [2.45, 2.75) is 12.3 Å². The Balaban J connectivity index is 1.71. The summed E-state index contributed by atoms with van der Waals surface area (Å²) in [5, 5.41) is 5.75. The molecule has 3 aliphatic heterocycles. The van der Waals surface area contributed by atoms with Gasteiger partial charge in [0.05, 0.1) is 0 Å². The number of thiocarbonyl (C=S) groups is 1. The molecule has 23 heavy (non-hydrogen) atoms. The van der Waals surface area contributed by atoms with E-state index < -0.39 is 0 Å². The van der Waals surface area contributed by atoms with E-state index in [0.29, 0.717) is 10.3 Å². The molecule has 4 rings (SSSR count). The number of rotatable bonds is 1. The van der Waals surface area contributed by atoms with Crippen LogP contribution in [0.1, 0.15) is 5.56 Å². The van der Waals surface area contributed by atoms with Crippen LogP contribution in [0.25, 0.3) is 4.91 Å². The van der Waals surface area contributed by atoms with Crippen LogP contribution in [0.4, 0.5) is 0 Å². The second kappa shape index (κ2) is 5.24. The quantitative estimate of drug-likeness (QED) is 0.774. The van der Waals surface area contributed by atoms with Gasteiger partial charge in [-0.1, -0.05) is 30.3 Å². The van der Waals surface area contributed by atoms with Crippen LogP contribution in [0.5, 0.6) is 0 Å². The van der Waals surface area contributed by atoms with Crippen LogP contribution >= 0.6 is 24.0 Å². The van der Waals surface area contributed by atoms with Crippen molar-refractivity contribution < 1.29 is 4.79 Å². The van der Waals surface area contributed by atoms with E-state index in [-0.39, 0.29) is 18.2 Å². The first kappa shape index (κ1) is 14.5. The van der Waals surface area contributed by atoms with E-state index in [4.69, 9.17) is 12.2 Å². The van der Waals surface area contributed by atoms with Crippen LogP contribution in [0.3, 0.4) is 0 Å². The summed E-state index contributed by atoms with van der Waals surface area (Å²) in [6, 6.07) is 9.86. The topological polar surface area (TPSA) is 51.2 Å². The van der Waals surface area contributed by atoms with E-state index in [0.717, 1.165) is 10.5 Å². The van der Waals surface area contributed by atoms with E-state index >= 15 is 0 Å². The molecular weight excluding hydrogens is 330 g/mol. The Bertz CT molecular complexity index is 747. The molecule has 0 bridgehead atoms. The van der Waals surface area contributed by atoms with Gasteiger partial charge >= 0.3 is 0 Å². The van der Waals surface area contributed by atoms with Crippen LogP contribution in [-0.2, 0) is 4.79 Å². The number of thioether (sulfide) groups is 1. The number of likely N-dealkylation sites (N-methyl/N-ethyl adjacent to an activating group) is 2. The average Bonchev–Trinajstić information content (AvgIpc) is 2.80. The Morgan fingerprint density at radius 3 is 2.70 bits per heavy atom. The largest absolute Gasteiger partial charge is 0.328 e. The van der Waals surface area contributed by atoms with Gasteiger partial charge in [0.2, 0.25) is 0 Å². The molecule has 0 radical (unpaired) electrons. The van der Waals surface area contributed by atoms with Gasteiger partial charge in [0.15, 0.2) is 22.6 Å². The van der Waals surface area contributed by atoms with Crippen molar-refractivity contribution in [3.8, 4) is 0 Å². The molecule has 8 heteroatoms. The van der Waals surface area contributed by atoms with Gasteiger partial charge < -0.3 is 9.80 Å². The Hall–Kier alpha value is -2.06. The lowest BCUT2D eigenvalue weighted by Gasteiger charge is -2.40. The molecule has 0 spiro atoms. The Kier molecular flexibility index (Phi) is 3.31. The van der Waals surface area contributed by atoms with Crippen molar-refractivity contribution in [2.24, 2.45) is 5.10 Å². The molecule has 1 amide bonds. The number of nitrogens with one attached hydrogen (secondary N) is 1. The van der Waals surface area contributed by atoms with Crippen LogP contribution in [0.15, 0.2) is 41.5 Å². The molecule has 0 aromatic heterocycles. The maximum Gasteiger partial charge on any atom is 0.255 e. The summed E-state index contributed by atoms with van der Waals surface area (Å²) in [5.41, 5.74) is 4.14. The minimum absolute atomic E-state index is 0.0668.